The average Bonchev–Trinajstić information content (AvgIpc) is 2.84. The lowest BCUT2D eigenvalue weighted by atomic mass is 9.95. The normalized spacial score (nSPS) is 18.8. The number of hydrogen-bond donors (Lipinski definition) is 2. The Morgan fingerprint density at radius 2 is 1.64 bits per heavy atom. The van der Waals surface area contributed by atoms with Crippen LogP contribution in [0.15, 0.2) is 66.1 Å². The fraction of sp³-hybridized carbons (Fsp3) is 0.360. The Hall–Kier alpha value is -3.13. The summed E-state index contributed by atoms with van der Waals surface area (Å²) >= 11 is 0. The van der Waals surface area contributed by atoms with Gasteiger partial charge in [0.25, 0.3) is 15.9 Å². The molecule has 1 aliphatic heterocycles. The second-order valence-electron chi connectivity index (χ2n) is 8.52. The number of carbonyl (C=O) groups is 2. The van der Waals surface area contributed by atoms with Gasteiger partial charge in [-0.25, -0.2) is 8.42 Å². The number of rotatable bonds is 6. The minimum Gasteiger partial charge on any atom is -0.349 e. The van der Waals surface area contributed by atoms with Crippen LogP contribution in [0.3, 0.4) is 0 Å². The second kappa shape index (κ2) is 9.79. The Bertz CT molecular complexity index is 1140. The molecule has 33 heavy (non-hydrogen) atoms. The molecule has 174 valence electrons. The van der Waals surface area contributed by atoms with Crippen LogP contribution in [-0.4, -0.2) is 32.8 Å². The van der Waals surface area contributed by atoms with E-state index in [1.165, 1.54) is 28.9 Å². The molecule has 1 aliphatic carbocycles. The quantitative estimate of drug-likeness (QED) is 0.634. The van der Waals surface area contributed by atoms with Gasteiger partial charge in [-0.15, -0.1) is 0 Å². The molecular formula is C25H29N3O4S. The molecule has 1 heterocycles. The van der Waals surface area contributed by atoms with Gasteiger partial charge in [0.05, 0.1) is 16.6 Å². The molecule has 0 spiro atoms. The van der Waals surface area contributed by atoms with E-state index >= 15 is 0 Å². The van der Waals surface area contributed by atoms with Gasteiger partial charge in [0.15, 0.2) is 0 Å². The maximum absolute atomic E-state index is 13.5. The van der Waals surface area contributed by atoms with E-state index in [4.69, 9.17) is 0 Å². The van der Waals surface area contributed by atoms with Gasteiger partial charge in [-0.3, -0.25) is 13.9 Å². The zero-order chi connectivity index (χ0) is 23.4. The predicted octanol–water partition coefficient (Wildman–Crippen LogP) is 3.69. The number of fused-ring (bicyclic) bond motifs is 1. The highest BCUT2D eigenvalue weighted by Crippen LogP contribution is 2.37. The lowest BCUT2D eigenvalue weighted by Crippen LogP contribution is -2.40. The molecule has 2 amide bonds. The second-order valence-corrected chi connectivity index (χ2v) is 10.4. The third kappa shape index (κ3) is 4.95. The van der Waals surface area contributed by atoms with E-state index < -0.39 is 10.0 Å². The number of nitrogens with one attached hydrogen (secondary N) is 2. The van der Waals surface area contributed by atoms with Crippen molar-refractivity contribution in [2.45, 2.75) is 55.5 Å². The molecule has 1 unspecified atom stereocenters. The van der Waals surface area contributed by atoms with Crippen LogP contribution in [0.1, 0.15) is 60.5 Å². The minimum absolute atomic E-state index is 0.125. The van der Waals surface area contributed by atoms with Crippen molar-refractivity contribution >= 4 is 27.5 Å². The fourth-order valence-electron chi connectivity index (χ4n) is 4.58. The first kappa shape index (κ1) is 23.0. The molecule has 0 saturated heterocycles. The Kier molecular flexibility index (Phi) is 6.83. The van der Waals surface area contributed by atoms with Crippen molar-refractivity contribution in [3.05, 3.63) is 72.3 Å². The Balaban J connectivity index is 1.54. The van der Waals surface area contributed by atoms with Crippen LogP contribution in [0.25, 0.3) is 0 Å². The predicted molar refractivity (Wildman–Crippen MR) is 127 cm³/mol. The zero-order valence-electron chi connectivity index (χ0n) is 18.5. The third-order valence-corrected chi connectivity index (χ3v) is 8.18. The van der Waals surface area contributed by atoms with E-state index in [1.807, 2.05) is 12.1 Å². The number of sulfonamides is 1. The van der Waals surface area contributed by atoms with Crippen LogP contribution in [0, 0.1) is 0 Å². The van der Waals surface area contributed by atoms with Crippen molar-refractivity contribution in [2.75, 3.05) is 10.8 Å². The maximum atomic E-state index is 13.5. The topological polar surface area (TPSA) is 95.6 Å². The third-order valence-electron chi connectivity index (χ3n) is 6.35. The van der Waals surface area contributed by atoms with Gasteiger partial charge in [-0.1, -0.05) is 44.0 Å². The summed E-state index contributed by atoms with van der Waals surface area (Å²) in [5.41, 5.74) is 1.73. The molecule has 2 aromatic carbocycles. The molecule has 1 atom stereocenters. The number of amides is 2. The molecule has 1 saturated carbocycles. The van der Waals surface area contributed by atoms with Gasteiger partial charge in [-0.2, -0.15) is 0 Å². The van der Waals surface area contributed by atoms with E-state index in [-0.39, 0.29) is 35.3 Å². The van der Waals surface area contributed by atoms with E-state index in [1.54, 1.807) is 24.3 Å². The number of hydrogen-bond acceptors (Lipinski definition) is 4. The Morgan fingerprint density at radius 1 is 0.939 bits per heavy atom. The Morgan fingerprint density at radius 3 is 2.33 bits per heavy atom. The van der Waals surface area contributed by atoms with Gasteiger partial charge >= 0.3 is 0 Å². The molecule has 2 aliphatic rings. The van der Waals surface area contributed by atoms with Crippen molar-refractivity contribution in [3.63, 3.8) is 0 Å². The highest BCUT2D eigenvalue weighted by atomic mass is 32.2. The van der Waals surface area contributed by atoms with Crippen molar-refractivity contribution in [1.29, 1.82) is 0 Å². The van der Waals surface area contributed by atoms with Crippen LogP contribution in [0.2, 0.25) is 0 Å². The Labute approximate surface area is 194 Å². The molecule has 0 aromatic heterocycles. The molecule has 2 N–H and O–H groups in total. The standard InChI is InChI=1S/C25H29N3O4S/c1-2-24(29)27-22-16-17-28(23-11-7-6-10-21(22)23)33(31,32)20-14-12-18(13-15-20)25(30)26-19-8-4-3-5-9-19/h2,6-7,10-15,19,22H,1,3-5,8-9,16-17H2,(H,26,30)(H,27,29). The number of carbonyl (C=O) groups excluding carboxylic acids is 2. The van der Waals surface area contributed by atoms with Crippen LogP contribution in [0.5, 0.6) is 0 Å². The van der Waals surface area contributed by atoms with Crippen molar-refractivity contribution in [3.8, 4) is 0 Å². The molecule has 8 heteroatoms. The largest absolute Gasteiger partial charge is 0.349 e. The molecule has 2 aromatic rings. The SMILES string of the molecule is C=CC(=O)NC1CCN(S(=O)(=O)c2ccc(C(=O)NC3CCCCC3)cc2)c2ccccc21. The van der Waals surface area contributed by atoms with Crippen LogP contribution in [-0.2, 0) is 14.8 Å². The average molecular weight is 468 g/mol. The summed E-state index contributed by atoms with van der Waals surface area (Å²) in [5.74, 6) is -0.469. The number of benzene rings is 2. The van der Waals surface area contributed by atoms with E-state index in [0.29, 0.717) is 17.7 Å². The van der Waals surface area contributed by atoms with Gasteiger partial charge in [0.1, 0.15) is 0 Å². The summed E-state index contributed by atoms with van der Waals surface area (Å²) < 4.78 is 28.3. The van der Waals surface area contributed by atoms with E-state index in [9.17, 15) is 18.0 Å². The first-order valence-corrected chi connectivity index (χ1v) is 12.8. The van der Waals surface area contributed by atoms with Crippen molar-refractivity contribution in [2.24, 2.45) is 0 Å². The van der Waals surface area contributed by atoms with Gasteiger partial charge in [0, 0.05) is 18.2 Å². The fourth-order valence-corrected chi connectivity index (χ4v) is 6.09. The van der Waals surface area contributed by atoms with Crippen LogP contribution in [0.4, 0.5) is 5.69 Å². The number of nitrogens with zero attached hydrogens (tertiary/aromatic N) is 1. The summed E-state index contributed by atoms with van der Waals surface area (Å²) in [6.45, 7) is 3.71. The number of anilines is 1. The summed E-state index contributed by atoms with van der Waals surface area (Å²) in [6.07, 6.45) is 7.08. The van der Waals surface area contributed by atoms with Crippen LogP contribution < -0.4 is 14.9 Å². The molecule has 0 radical (unpaired) electrons. The van der Waals surface area contributed by atoms with Crippen molar-refractivity contribution in [1.82, 2.24) is 10.6 Å². The smallest absolute Gasteiger partial charge is 0.264 e. The summed E-state index contributed by atoms with van der Waals surface area (Å²) in [7, 11) is -3.83. The van der Waals surface area contributed by atoms with Crippen molar-refractivity contribution < 1.29 is 18.0 Å². The van der Waals surface area contributed by atoms with E-state index in [2.05, 4.69) is 17.2 Å². The molecular weight excluding hydrogens is 438 g/mol. The zero-order valence-corrected chi connectivity index (χ0v) is 19.3. The summed E-state index contributed by atoms with van der Waals surface area (Å²) in [5, 5.41) is 5.92. The lowest BCUT2D eigenvalue weighted by Gasteiger charge is -2.35. The maximum Gasteiger partial charge on any atom is 0.264 e. The van der Waals surface area contributed by atoms with Gasteiger partial charge in [-0.05, 0) is 61.2 Å². The highest BCUT2D eigenvalue weighted by Gasteiger charge is 2.33. The highest BCUT2D eigenvalue weighted by molar-refractivity contribution is 7.92. The van der Waals surface area contributed by atoms with Gasteiger partial charge < -0.3 is 10.6 Å². The molecule has 0 bridgehead atoms. The number of para-hydroxylation sites is 1. The van der Waals surface area contributed by atoms with E-state index in [0.717, 1.165) is 31.2 Å². The molecule has 7 nitrogen and oxygen atoms in total. The lowest BCUT2D eigenvalue weighted by molar-refractivity contribution is -0.117. The first-order chi connectivity index (χ1) is 15.9. The van der Waals surface area contributed by atoms with Crippen LogP contribution >= 0.6 is 0 Å². The monoisotopic (exact) mass is 467 g/mol. The van der Waals surface area contributed by atoms with Gasteiger partial charge in [0.2, 0.25) is 5.91 Å². The first-order valence-electron chi connectivity index (χ1n) is 11.4. The minimum atomic E-state index is -3.83. The summed E-state index contributed by atoms with van der Waals surface area (Å²) in [6, 6.07) is 13.2. The summed E-state index contributed by atoms with van der Waals surface area (Å²) in [4.78, 5) is 24.5. The molecule has 1 fully saturated rings. The molecule has 4 rings (SSSR count).